The molecular weight excluding hydrogens is 1720 g/mol. The zero-order chi connectivity index (χ0) is 95.3. The number of hydrogen-bond donors (Lipinski definition) is 18. The molecule has 0 saturated carbocycles. The largest absolute Gasteiger partial charge is 0.508 e. The third-order valence-corrected chi connectivity index (χ3v) is 25.3. The molecule has 4 aliphatic rings. The van der Waals surface area contributed by atoms with Gasteiger partial charge in [0.2, 0.25) is 88.6 Å². The number of carboxylic acid groups (broad SMARTS) is 2. The summed E-state index contributed by atoms with van der Waals surface area (Å²) in [6.45, 7) is 1.84. The van der Waals surface area contributed by atoms with Gasteiger partial charge >= 0.3 is 11.9 Å². The fraction of sp³-hybridized carbons (Fsp3) is 0.551. The highest BCUT2D eigenvalue weighted by Crippen LogP contribution is 2.29. The Bertz CT molecular complexity index is 4930. The first kappa shape index (κ1) is 102. The number of fused-ring (bicyclic) bond motifs is 5. The molecule has 5 aromatic rings. The van der Waals surface area contributed by atoms with Crippen molar-refractivity contribution >= 4 is 140 Å². The summed E-state index contributed by atoms with van der Waals surface area (Å²) in [7, 11) is 2.78. The van der Waals surface area contributed by atoms with Crippen LogP contribution in [-0.4, -0.2) is 306 Å². The average Bonchev–Trinajstić information content (AvgIpc) is 1.20. The molecular formula is C89H124N20O21S. The van der Waals surface area contributed by atoms with Gasteiger partial charge in [-0.25, -0.2) is 0 Å². The quantitative estimate of drug-likeness (QED) is 0.0302. The standard InChI is InChI=1S/C89H124N20O21S/c1-5-7-22-67-81(122)98-59(21-13-34-90)79(120)104-66(78(119)96-47-73(93)112)48-131-49-74(113)97-62(39-50-27-29-54(110)30-28-50)87(128)108-37-15-25-69(108)83(124)102-64(43-76(116)117)88(129)109-38-16-26-70(109)84(125)103-65(44-92)80(121)99-60(31-32-75(114)115)86(127)107-36-14-24-68(107)82(123)100-61(40-52-45-94-57-19-11-9-17-55(52)57)72(111)42-51(33-35-91)77(118)101-63(41-53-46-95-58-20-12-10-18-56(53)58)85(126)106(4)71(23-8-6-2)89(130)105(67)3/h9-12,17-20,27-30,45-46,51,59-71,94-95,110H,5-8,13-16,21-26,31-44,47-49,90-92H2,1-4H3,(H2,93,112)(H,96,119)(H,97,113)(H,98,122)(H,99,121)(H,100,123)(H,101,118)(H,102,124)(H,103,125)(H,104,120)(H,114,115)(H,116,117)/t51-,59+,60+,61-,62+,63+,64-,65-,66-,67-,68?,69?,70+,71-/m1/s1. The highest BCUT2D eigenvalue weighted by molar-refractivity contribution is 8.00. The Morgan fingerprint density at radius 1 is 0.481 bits per heavy atom. The van der Waals surface area contributed by atoms with E-state index < -0.39 is 241 Å². The Morgan fingerprint density at radius 2 is 0.969 bits per heavy atom. The molecule has 41 nitrogen and oxygen atoms in total. The van der Waals surface area contributed by atoms with Gasteiger partial charge in [0.05, 0.1) is 24.8 Å². The van der Waals surface area contributed by atoms with Gasteiger partial charge < -0.3 is 121 Å². The molecule has 4 saturated heterocycles. The van der Waals surface area contributed by atoms with Crippen LogP contribution in [0.3, 0.4) is 0 Å². The lowest BCUT2D eigenvalue weighted by molar-refractivity contribution is -0.149. The number of thioether (sulfide) groups is 1. The van der Waals surface area contributed by atoms with Crippen molar-refractivity contribution in [2.24, 2.45) is 28.9 Å². The van der Waals surface area contributed by atoms with Gasteiger partial charge in [0, 0.05) is 118 Å². The van der Waals surface area contributed by atoms with Crippen LogP contribution in [0.1, 0.15) is 153 Å². The molecule has 9 rings (SSSR count). The number of benzene rings is 3. The lowest BCUT2D eigenvalue weighted by Crippen LogP contribution is -2.61. The number of nitrogens with zero attached hydrogens (tertiary/aromatic N) is 5. The van der Waals surface area contributed by atoms with E-state index in [-0.39, 0.29) is 128 Å². The van der Waals surface area contributed by atoms with Crippen LogP contribution in [-0.2, 0) is 106 Å². The van der Waals surface area contributed by atoms with E-state index >= 15 is 38.4 Å². The number of carbonyl (C=O) groups excluding carboxylic acids is 16. The molecule has 2 unspecified atom stereocenters. The number of rotatable bonds is 26. The predicted molar refractivity (Wildman–Crippen MR) is 480 cm³/mol. The molecule has 22 N–H and O–H groups in total. The molecule has 712 valence electrons. The molecule has 4 aliphatic heterocycles. The van der Waals surface area contributed by atoms with E-state index in [0.717, 1.165) is 26.5 Å². The van der Waals surface area contributed by atoms with Crippen molar-refractivity contribution in [3.63, 3.8) is 0 Å². The number of aliphatic carboxylic acids is 2. The van der Waals surface area contributed by atoms with Gasteiger partial charge in [0.1, 0.15) is 78.3 Å². The second-order valence-electron chi connectivity index (χ2n) is 33.7. The maximum atomic E-state index is 15.8. The second-order valence-corrected chi connectivity index (χ2v) is 34.7. The van der Waals surface area contributed by atoms with E-state index in [2.05, 4.69) is 57.8 Å². The van der Waals surface area contributed by atoms with Crippen molar-refractivity contribution < 1.29 is 102 Å². The Morgan fingerprint density at radius 3 is 1.50 bits per heavy atom. The van der Waals surface area contributed by atoms with Crippen molar-refractivity contribution in [1.29, 1.82) is 0 Å². The van der Waals surface area contributed by atoms with Gasteiger partial charge in [-0.3, -0.25) is 86.3 Å². The first-order valence-corrected chi connectivity index (χ1v) is 45.8. The number of nitrogens with one attached hydrogen (secondary N) is 11. The summed E-state index contributed by atoms with van der Waals surface area (Å²) >= 11 is 0.787. The average molecular weight is 1840 g/mol. The zero-order valence-corrected chi connectivity index (χ0v) is 75.0. The van der Waals surface area contributed by atoms with Crippen LogP contribution < -0.4 is 70.8 Å². The molecule has 0 spiro atoms. The number of nitrogens with two attached hydrogens (primary N) is 4. The summed E-state index contributed by atoms with van der Waals surface area (Å²) in [5.41, 5.74) is 26.8. The van der Waals surface area contributed by atoms with E-state index in [0.29, 0.717) is 64.2 Å². The molecule has 2 aromatic heterocycles. The predicted octanol–water partition coefficient (Wildman–Crippen LogP) is -1.42. The van der Waals surface area contributed by atoms with E-state index in [1.807, 2.05) is 26.0 Å². The van der Waals surface area contributed by atoms with Crippen LogP contribution in [0, 0.1) is 5.92 Å². The van der Waals surface area contributed by atoms with Crippen molar-refractivity contribution in [2.45, 2.75) is 234 Å². The van der Waals surface area contributed by atoms with E-state index in [9.17, 15) is 63.3 Å². The summed E-state index contributed by atoms with van der Waals surface area (Å²) in [6.07, 6.45) is 1.95. The summed E-state index contributed by atoms with van der Waals surface area (Å²) in [5.74, 6) is -19.5. The number of carboxylic acids is 2. The third kappa shape index (κ3) is 28.0. The molecule has 131 heavy (non-hydrogen) atoms. The van der Waals surface area contributed by atoms with Crippen LogP contribution in [0.25, 0.3) is 21.8 Å². The van der Waals surface area contributed by atoms with Crippen molar-refractivity contribution in [1.82, 2.24) is 82.3 Å². The maximum Gasteiger partial charge on any atom is 0.305 e. The highest BCUT2D eigenvalue weighted by atomic mass is 32.2. The molecule has 15 amide bonds. The van der Waals surface area contributed by atoms with Crippen molar-refractivity contribution in [3.8, 4) is 5.75 Å². The summed E-state index contributed by atoms with van der Waals surface area (Å²) in [5, 5.41) is 55.5. The van der Waals surface area contributed by atoms with Gasteiger partial charge in [-0.15, -0.1) is 11.8 Å². The van der Waals surface area contributed by atoms with Gasteiger partial charge in [-0.1, -0.05) is 88.1 Å². The molecule has 4 fully saturated rings. The van der Waals surface area contributed by atoms with Gasteiger partial charge in [-0.2, -0.15) is 0 Å². The van der Waals surface area contributed by atoms with Crippen molar-refractivity contribution in [2.75, 3.05) is 71.4 Å². The van der Waals surface area contributed by atoms with E-state index in [1.54, 1.807) is 48.8 Å². The number of likely N-dealkylation sites (N-methyl/N-ethyl adjacent to an activating group) is 2. The third-order valence-electron chi connectivity index (χ3n) is 24.3. The molecule has 42 heteroatoms. The number of aromatic nitrogens is 2. The molecule has 3 aromatic carbocycles. The Balaban J connectivity index is 1.08. The number of para-hydroxylation sites is 2. The lowest BCUT2D eigenvalue weighted by Gasteiger charge is -2.36. The number of amides is 15. The number of H-pyrrole nitrogens is 2. The van der Waals surface area contributed by atoms with Crippen LogP contribution >= 0.6 is 11.8 Å². The zero-order valence-electron chi connectivity index (χ0n) is 74.2. The van der Waals surface area contributed by atoms with Crippen LogP contribution in [0.15, 0.2) is 85.2 Å². The van der Waals surface area contributed by atoms with Gasteiger partial charge in [0.15, 0.2) is 5.78 Å². The number of carbonyl (C=O) groups is 18. The number of aromatic hydroxyl groups is 1. The minimum atomic E-state index is -1.88. The van der Waals surface area contributed by atoms with Crippen LogP contribution in [0.5, 0.6) is 5.75 Å². The SMILES string of the molecule is CCCC[C@@H]1C(=O)N(C)[C@H](CCCC)C(=O)N[C@@H](CCCN)C(=O)N[C@@H](C(=O)NCC(N)=O)CSCC(=O)N[C@@H](Cc2ccc(O)cc2)C(=O)N2CCCC2C(=O)N[C@H](CC(=O)O)C(=O)N2CCC[C@H]2C(=O)N[C@H](CN)C(=O)N[C@@H](CCC(=O)O)C(=O)N2CCCC2C(=O)N[C@H](Cc2c[nH]c3ccccc23)C(=O)C[C@@H](CCN)C(=O)N[C@@H](Cc2c[nH]c3ccccc23)C(=O)N1C. The molecule has 14 atom stereocenters. The van der Waals surface area contributed by atoms with Gasteiger partial charge in [-0.05, 0) is 131 Å². The normalized spacial score (nSPS) is 25.0. The summed E-state index contributed by atoms with van der Waals surface area (Å²) in [4.78, 5) is 273. The second kappa shape index (κ2) is 49.4. The summed E-state index contributed by atoms with van der Waals surface area (Å²) < 4.78 is 0. The minimum Gasteiger partial charge on any atom is -0.508 e. The fourth-order valence-electron chi connectivity index (χ4n) is 17.2. The number of phenolic OH excluding ortho intramolecular Hbond substituents is 1. The number of aromatic amines is 2. The Kier molecular flexibility index (Phi) is 38.6. The first-order valence-electron chi connectivity index (χ1n) is 44.6. The number of hydrogen-bond acceptors (Lipinski definition) is 23. The monoisotopic (exact) mass is 1840 g/mol. The maximum absolute atomic E-state index is 15.8. The number of Topliss-reactive ketones (excluding diaryl/α,β-unsaturated/α-hetero) is 1. The molecule has 0 bridgehead atoms. The topological polar surface area (TPSA) is 628 Å². The fourth-order valence-corrected chi connectivity index (χ4v) is 18.0. The summed E-state index contributed by atoms with van der Waals surface area (Å²) in [6, 6.07) is 0.381. The van der Waals surface area contributed by atoms with Crippen molar-refractivity contribution in [3.05, 3.63) is 102 Å². The molecule has 6 heterocycles. The minimum absolute atomic E-state index is 0.000307. The Labute approximate surface area is 761 Å². The smallest absolute Gasteiger partial charge is 0.305 e. The van der Waals surface area contributed by atoms with E-state index in [4.69, 9.17) is 22.9 Å². The number of phenols is 1. The van der Waals surface area contributed by atoms with Crippen LogP contribution in [0.4, 0.5) is 0 Å². The number of unbranched alkanes of at least 4 members (excludes halogenated alkanes) is 2. The van der Waals surface area contributed by atoms with E-state index in [1.165, 1.54) is 48.2 Å². The van der Waals surface area contributed by atoms with Crippen LogP contribution in [0.2, 0.25) is 0 Å². The molecule has 0 aliphatic carbocycles. The number of primary amides is 1. The first-order chi connectivity index (χ1) is 62.7. The highest BCUT2D eigenvalue weighted by Gasteiger charge is 2.47. The Hall–Kier alpha value is -12.6. The van der Waals surface area contributed by atoms with Gasteiger partial charge in [0.25, 0.3) is 0 Å². The molecule has 0 radical (unpaired) electrons. The lowest BCUT2D eigenvalue weighted by atomic mass is 9.91. The number of ketones is 1.